The fourth-order valence-corrected chi connectivity index (χ4v) is 5.73. The van der Waals surface area contributed by atoms with E-state index in [9.17, 15) is 31.9 Å². The number of nitrogens with one attached hydrogen (secondary N) is 1. The molecular formula is C31H31ClF4N4O3. The number of carbonyl (C=O) groups is 3. The fraction of sp³-hybridized carbons (Fsp3) is 0.355. The number of anilines is 2. The van der Waals surface area contributed by atoms with E-state index in [0.29, 0.717) is 0 Å². The molecule has 1 saturated heterocycles. The molecule has 228 valence electrons. The van der Waals surface area contributed by atoms with Crippen molar-refractivity contribution in [2.45, 2.75) is 70.0 Å². The Hall–Kier alpha value is -3.99. The molecule has 2 heterocycles. The smallest absolute Gasteiger partial charge is 0.251 e. The molecule has 0 spiro atoms. The average Bonchev–Trinajstić information content (AvgIpc) is 3.34. The van der Waals surface area contributed by atoms with Crippen LogP contribution in [0.5, 0.6) is 0 Å². The SMILES string of the molecule is C.O=C(NC1CCC(F)(F)CC1)[C@H](c1ccccc1Cl)N(C(=O)[C@@H]1CCC(=O)N1c1ncccc1F)c1cccc(F)c1. The molecule has 3 aromatic rings. The van der Waals surface area contributed by atoms with Crippen molar-refractivity contribution in [1.29, 1.82) is 0 Å². The molecule has 1 N–H and O–H groups in total. The Morgan fingerprint density at radius 3 is 2.42 bits per heavy atom. The number of carbonyl (C=O) groups excluding carboxylic acids is 3. The van der Waals surface area contributed by atoms with Gasteiger partial charge in [-0.05, 0) is 55.7 Å². The number of halogens is 5. The lowest BCUT2D eigenvalue weighted by molar-refractivity contribution is -0.128. The summed E-state index contributed by atoms with van der Waals surface area (Å²) in [6, 6.07) is 10.3. The van der Waals surface area contributed by atoms with Gasteiger partial charge in [-0.2, -0.15) is 0 Å². The predicted octanol–water partition coefficient (Wildman–Crippen LogP) is 6.61. The van der Waals surface area contributed by atoms with Crippen LogP contribution in [0.15, 0.2) is 66.9 Å². The van der Waals surface area contributed by atoms with Gasteiger partial charge in [0.15, 0.2) is 11.6 Å². The van der Waals surface area contributed by atoms with Crippen LogP contribution in [-0.2, 0) is 14.4 Å². The van der Waals surface area contributed by atoms with Crippen LogP contribution in [0.4, 0.5) is 29.1 Å². The highest BCUT2D eigenvalue weighted by Gasteiger charge is 2.45. The maximum atomic E-state index is 14.8. The van der Waals surface area contributed by atoms with E-state index >= 15 is 0 Å². The van der Waals surface area contributed by atoms with Crippen molar-refractivity contribution >= 4 is 40.8 Å². The lowest BCUT2D eigenvalue weighted by atomic mass is 9.91. The number of alkyl halides is 2. The van der Waals surface area contributed by atoms with Crippen LogP contribution in [0.1, 0.15) is 57.6 Å². The number of nitrogens with zero attached hydrogens (tertiary/aromatic N) is 3. The van der Waals surface area contributed by atoms with E-state index < -0.39 is 66.2 Å². The Balaban J connectivity index is 0.00000423. The van der Waals surface area contributed by atoms with Gasteiger partial charge in [-0.15, -0.1) is 0 Å². The number of amides is 3. The van der Waals surface area contributed by atoms with Crippen molar-refractivity contribution in [1.82, 2.24) is 10.3 Å². The summed E-state index contributed by atoms with van der Waals surface area (Å²) in [5, 5.41) is 2.90. The van der Waals surface area contributed by atoms with E-state index in [2.05, 4.69) is 10.3 Å². The van der Waals surface area contributed by atoms with Crippen molar-refractivity contribution in [3.8, 4) is 0 Å². The molecule has 7 nitrogen and oxygen atoms in total. The van der Waals surface area contributed by atoms with Crippen molar-refractivity contribution in [2.75, 3.05) is 9.80 Å². The van der Waals surface area contributed by atoms with Crippen molar-refractivity contribution < 1.29 is 31.9 Å². The molecule has 2 fully saturated rings. The monoisotopic (exact) mass is 618 g/mol. The van der Waals surface area contributed by atoms with Gasteiger partial charge in [0.1, 0.15) is 17.9 Å². The highest BCUT2D eigenvalue weighted by atomic mass is 35.5. The molecule has 0 bridgehead atoms. The van der Waals surface area contributed by atoms with Crippen LogP contribution < -0.4 is 15.1 Å². The normalized spacial score (nSPS) is 19.0. The first-order valence-electron chi connectivity index (χ1n) is 13.5. The largest absolute Gasteiger partial charge is 0.351 e. The summed E-state index contributed by atoms with van der Waals surface area (Å²) in [7, 11) is 0. The third-order valence-electron chi connectivity index (χ3n) is 7.56. The average molecular weight is 619 g/mol. The molecule has 0 radical (unpaired) electrons. The van der Waals surface area contributed by atoms with Crippen molar-refractivity contribution in [3.63, 3.8) is 0 Å². The van der Waals surface area contributed by atoms with Crippen LogP contribution in [0, 0.1) is 11.6 Å². The Bertz CT molecular complexity index is 1500. The minimum absolute atomic E-state index is 0. The molecule has 43 heavy (non-hydrogen) atoms. The third-order valence-corrected chi connectivity index (χ3v) is 7.90. The molecule has 5 rings (SSSR count). The topological polar surface area (TPSA) is 82.6 Å². The zero-order valence-electron chi connectivity index (χ0n) is 22.3. The second kappa shape index (κ2) is 13.1. The van der Waals surface area contributed by atoms with Crippen LogP contribution in [0.25, 0.3) is 0 Å². The molecule has 3 amide bonds. The van der Waals surface area contributed by atoms with Gasteiger partial charge < -0.3 is 5.32 Å². The maximum absolute atomic E-state index is 14.8. The molecule has 1 aromatic heterocycles. The van der Waals surface area contributed by atoms with Gasteiger partial charge >= 0.3 is 0 Å². The van der Waals surface area contributed by atoms with E-state index in [0.717, 1.165) is 28.0 Å². The molecule has 1 aliphatic carbocycles. The Labute approximate surface area is 251 Å². The van der Waals surface area contributed by atoms with Gasteiger partial charge in [0.05, 0.1) is 0 Å². The fourth-order valence-electron chi connectivity index (χ4n) is 5.49. The first-order valence-corrected chi connectivity index (χ1v) is 13.9. The summed E-state index contributed by atoms with van der Waals surface area (Å²) >= 11 is 6.52. The summed E-state index contributed by atoms with van der Waals surface area (Å²) in [4.78, 5) is 47.3. The van der Waals surface area contributed by atoms with E-state index in [1.165, 1.54) is 36.5 Å². The number of rotatable bonds is 7. The standard InChI is InChI=1S/C30H27ClF4N4O3.CH4/c31-22-8-2-1-7-21(22)26(28(41)37-19-12-14-30(34,35)15-13-19)38(20-6-3-5-18(32)17-20)29(42)24-10-11-25(40)39(24)27-23(33)9-4-16-36-27;/h1-9,16-17,19,24,26H,10-15H2,(H,37,41);1H4/t24-,26-;/m0./s1. The number of benzene rings is 2. The highest BCUT2D eigenvalue weighted by molar-refractivity contribution is 6.31. The second-order valence-electron chi connectivity index (χ2n) is 10.4. The predicted molar refractivity (Wildman–Crippen MR) is 155 cm³/mol. The number of pyridine rings is 1. The molecule has 2 atom stereocenters. The van der Waals surface area contributed by atoms with Crippen molar-refractivity contribution in [3.05, 3.63) is 89.1 Å². The Morgan fingerprint density at radius 2 is 1.74 bits per heavy atom. The van der Waals surface area contributed by atoms with Crippen LogP contribution in [-0.4, -0.2) is 40.7 Å². The minimum Gasteiger partial charge on any atom is -0.351 e. The zero-order chi connectivity index (χ0) is 30.0. The van der Waals surface area contributed by atoms with Gasteiger partial charge in [0.25, 0.3) is 5.91 Å². The molecule has 12 heteroatoms. The summed E-state index contributed by atoms with van der Waals surface area (Å²) in [5.74, 6) is -6.77. The Morgan fingerprint density at radius 1 is 1.02 bits per heavy atom. The quantitative estimate of drug-likeness (QED) is 0.302. The molecule has 1 aliphatic heterocycles. The highest BCUT2D eigenvalue weighted by Crippen LogP contribution is 2.38. The molecule has 0 unspecified atom stereocenters. The summed E-state index contributed by atoms with van der Waals surface area (Å²) < 4.78 is 57.0. The molecular weight excluding hydrogens is 588 g/mol. The van der Waals surface area contributed by atoms with Gasteiger partial charge in [-0.25, -0.2) is 22.5 Å². The van der Waals surface area contributed by atoms with E-state index in [1.54, 1.807) is 12.1 Å². The lowest BCUT2D eigenvalue weighted by Crippen LogP contribution is -2.53. The molecule has 2 aliphatic rings. The summed E-state index contributed by atoms with van der Waals surface area (Å²) in [6.07, 6.45) is 0.393. The van der Waals surface area contributed by atoms with Gasteiger partial charge in [-0.1, -0.05) is 43.3 Å². The van der Waals surface area contributed by atoms with Gasteiger partial charge in [0.2, 0.25) is 17.7 Å². The zero-order valence-corrected chi connectivity index (χ0v) is 23.0. The van der Waals surface area contributed by atoms with Crippen LogP contribution >= 0.6 is 11.6 Å². The maximum Gasteiger partial charge on any atom is 0.251 e. The van der Waals surface area contributed by atoms with E-state index in [1.807, 2.05) is 0 Å². The van der Waals surface area contributed by atoms with E-state index in [4.69, 9.17) is 11.6 Å². The number of hydrogen-bond acceptors (Lipinski definition) is 4. The van der Waals surface area contributed by atoms with Gasteiger partial charge in [0, 0.05) is 47.8 Å². The van der Waals surface area contributed by atoms with E-state index in [-0.39, 0.29) is 55.2 Å². The minimum atomic E-state index is -2.83. The van der Waals surface area contributed by atoms with Crippen LogP contribution in [0.3, 0.4) is 0 Å². The lowest BCUT2D eigenvalue weighted by Gasteiger charge is -2.37. The van der Waals surface area contributed by atoms with Crippen LogP contribution in [0.2, 0.25) is 5.02 Å². The van der Waals surface area contributed by atoms with Crippen molar-refractivity contribution in [2.24, 2.45) is 0 Å². The number of aromatic nitrogens is 1. The third kappa shape index (κ3) is 6.82. The number of hydrogen-bond donors (Lipinski definition) is 1. The summed E-state index contributed by atoms with van der Waals surface area (Å²) in [6.45, 7) is 0. The molecule has 2 aromatic carbocycles. The molecule has 1 saturated carbocycles. The Kier molecular flexibility index (Phi) is 9.74. The second-order valence-corrected chi connectivity index (χ2v) is 10.8. The first-order chi connectivity index (χ1) is 20.1. The summed E-state index contributed by atoms with van der Waals surface area (Å²) in [5.41, 5.74) is 0.173. The first kappa shape index (κ1) is 31.9. The van der Waals surface area contributed by atoms with Gasteiger partial charge in [-0.3, -0.25) is 24.2 Å².